The Balaban J connectivity index is 1.88. The van der Waals surface area contributed by atoms with E-state index in [1.165, 1.54) is 31.2 Å². The summed E-state index contributed by atoms with van der Waals surface area (Å²) in [6.45, 7) is 4.90. The van der Waals surface area contributed by atoms with Gasteiger partial charge in [0.25, 0.3) is 0 Å². The Kier molecular flexibility index (Phi) is 2.34. The van der Waals surface area contributed by atoms with Gasteiger partial charge in [-0.15, -0.1) is 0 Å². The van der Waals surface area contributed by atoms with Gasteiger partial charge in [0, 0.05) is 0 Å². The molecular formula is C16H22. The van der Waals surface area contributed by atoms with Crippen LogP contribution in [0.4, 0.5) is 0 Å². The van der Waals surface area contributed by atoms with Crippen molar-refractivity contribution in [2.45, 2.75) is 44.9 Å². The van der Waals surface area contributed by atoms with E-state index < -0.39 is 0 Å². The summed E-state index contributed by atoms with van der Waals surface area (Å²) in [5.74, 6) is 2.99. The van der Waals surface area contributed by atoms with Gasteiger partial charge in [0.2, 0.25) is 0 Å². The molecule has 2 aliphatic carbocycles. The van der Waals surface area contributed by atoms with Crippen LogP contribution >= 0.6 is 0 Å². The van der Waals surface area contributed by atoms with Crippen molar-refractivity contribution >= 4 is 0 Å². The zero-order chi connectivity index (χ0) is 11.2. The minimum Gasteiger partial charge on any atom is -0.0622 e. The molecule has 1 aromatic carbocycles. The van der Waals surface area contributed by atoms with Crippen LogP contribution < -0.4 is 0 Å². The first-order valence-electron chi connectivity index (χ1n) is 6.73. The highest BCUT2D eigenvalue weighted by Gasteiger charge is 2.46. The van der Waals surface area contributed by atoms with E-state index in [0.717, 1.165) is 17.8 Å². The Morgan fingerprint density at radius 2 is 1.75 bits per heavy atom. The van der Waals surface area contributed by atoms with E-state index in [0.29, 0.717) is 5.41 Å². The Labute approximate surface area is 99.1 Å². The van der Waals surface area contributed by atoms with Crippen LogP contribution in [0, 0.1) is 17.8 Å². The lowest BCUT2D eigenvalue weighted by Crippen LogP contribution is -2.32. The summed E-state index contributed by atoms with van der Waals surface area (Å²) in [7, 11) is 0. The highest BCUT2D eigenvalue weighted by atomic mass is 14.5. The molecule has 3 unspecified atom stereocenters. The van der Waals surface area contributed by atoms with E-state index in [-0.39, 0.29) is 0 Å². The van der Waals surface area contributed by atoms with Crippen molar-refractivity contribution in [1.82, 2.24) is 0 Å². The number of fused-ring (bicyclic) bond motifs is 2. The van der Waals surface area contributed by atoms with Crippen LogP contribution in [0.1, 0.15) is 45.1 Å². The Morgan fingerprint density at radius 3 is 2.31 bits per heavy atom. The summed E-state index contributed by atoms with van der Waals surface area (Å²) in [5, 5.41) is 0. The van der Waals surface area contributed by atoms with Crippen molar-refractivity contribution in [3.05, 3.63) is 35.9 Å². The quantitative estimate of drug-likeness (QED) is 0.684. The van der Waals surface area contributed by atoms with E-state index in [2.05, 4.69) is 44.2 Å². The van der Waals surface area contributed by atoms with Crippen LogP contribution in [0.5, 0.6) is 0 Å². The predicted octanol–water partition coefficient (Wildman–Crippen LogP) is 4.40. The zero-order valence-electron chi connectivity index (χ0n) is 10.4. The molecule has 2 saturated carbocycles. The highest BCUT2D eigenvalue weighted by Crippen LogP contribution is 2.55. The number of rotatable bonds is 2. The molecule has 0 saturated heterocycles. The fraction of sp³-hybridized carbons (Fsp3) is 0.625. The molecule has 0 spiro atoms. The maximum absolute atomic E-state index is 2.45. The maximum Gasteiger partial charge on any atom is -0.00726 e. The van der Waals surface area contributed by atoms with Crippen LogP contribution in [-0.2, 0) is 5.41 Å². The SMILES string of the molecule is CC(C)(c1ccccc1)C1CC2CCC1C2. The second-order valence-electron chi connectivity index (χ2n) is 6.37. The first-order valence-corrected chi connectivity index (χ1v) is 6.73. The number of hydrogen-bond acceptors (Lipinski definition) is 0. The smallest absolute Gasteiger partial charge is 0.00726 e. The predicted molar refractivity (Wildman–Crippen MR) is 68.4 cm³/mol. The lowest BCUT2D eigenvalue weighted by Gasteiger charge is -2.38. The van der Waals surface area contributed by atoms with Gasteiger partial charge in [-0.3, -0.25) is 0 Å². The molecule has 3 rings (SSSR count). The van der Waals surface area contributed by atoms with Gasteiger partial charge >= 0.3 is 0 Å². The van der Waals surface area contributed by atoms with Gasteiger partial charge in [0.1, 0.15) is 0 Å². The summed E-state index contributed by atoms with van der Waals surface area (Å²) in [6.07, 6.45) is 5.99. The first kappa shape index (κ1) is 10.4. The third-order valence-electron chi connectivity index (χ3n) is 5.18. The third kappa shape index (κ3) is 1.50. The standard InChI is InChI=1S/C16H22/c1-16(2,14-6-4-3-5-7-14)15-11-12-8-9-13(15)10-12/h3-7,12-13,15H,8-11H2,1-2H3. The molecule has 16 heavy (non-hydrogen) atoms. The molecule has 2 fully saturated rings. The summed E-state index contributed by atoms with van der Waals surface area (Å²) >= 11 is 0. The van der Waals surface area contributed by atoms with Gasteiger partial charge in [0.15, 0.2) is 0 Å². The minimum atomic E-state index is 0.376. The lowest BCUT2D eigenvalue weighted by atomic mass is 9.67. The summed E-state index contributed by atoms with van der Waals surface area (Å²) in [5.41, 5.74) is 1.91. The second-order valence-corrected chi connectivity index (χ2v) is 6.37. The molecule has 3 atom stereocenters. The molecule has 0 nitrogen and oxygen atoms in total. The normalized spacial score (nSPS) is 33.2. The van der Waals surface area contributed by atoms with Crippen LogP contribution in [0.25, 0.3) is 0 Å². The summed E-state index contributed by atoms with van der Waals surface area (Å²) in [4.78, 5) is 0. The van der Waals surface area contributed by atoms with Crippen molar-refractivity contribution in [3.8, 4) is 0 Å². The average molecular weight is 214 g/mol. The molecule has 0 aromatic heterocycles. The number of hydrogen-bond donors (Lipinski definition) is 0. The molecule has 86 valence electrons. The molecule has 1 aromatic rings. The molecule has 0 N–H and O–H groups in total. The Morgan fingerprint density at radius 1 is 1.00 bits per heavy atom. The fourth-order valence-corrected chi connectivity index (χ4v) is 4.21. The second kappa shape index (κ2) is 3.61. The molecule has 2 bridgehead atoms. The number of benzene rings is 1. The summed E-state index contributed by atoms with van der Waals surface area (Å²) in [6, 6.07) is 11.1. The minimum absolute atomic E-state index is 0.376. The maximum atomic E-state index is 2.45. The van der Waals surface area contributed by atoms with Crippen molar-refractivity contribution in [2.24, 2.45) is 17.8 Å². The molecule has 0 radical (unpaired) electrons. The van der Waals surface area contributed by atoms with Gasteiger partial charge in [-0.1, -0.05) is 50.6 Å². The van der Waals surface area contributed by atoms with Gasteiger partial charge in [0.05, 0.1) is 0 Å². The van der Waals surface area contributed by atoms with E-state index in [9.17, 15) is 0 Å². The van der Waals surface area contributed by atoms with Crippen molar-refractivity contribution < 1.29 is 0 Å². The fourth-order valence-electron chi connectivity index (χ4n) is 4.21. The van der Waals surface area contributed by atoms with Gasteiger partial charge in [-0.05, 0) is 48.0 Å². The van der Waals surface area contributed by atoms with E-state index in [4.69, 9.17) is 0 Å². The summed E-state index contributed by atoms with van der Waals surface area (Å²) < 4.78 is 0. The average Bonchev–Trinajstić information content (AvgIpc) is 2.92. The van der Waals surface area contributed by atoms with Crippen molar-refractivity contribution in [2.75, 3.05) is 0 Å². The van der Waals surface area contributed by atoms with Crippen molar-refractivity contribution in [1.29, 1.82) is 0 Å². The van der Waals surface area contributed by atoms with Gasteiger partial charge in [-0.25, -0.2) is 0 Å². The molecular weight excluding hydrogens is 192 g/mol. The molecule has 0 amide bonds. The molecule has 0 aliphatic heterocycles. The Bertz CT molecular complexity index is 363. The van der Waals surface area contributed by atoms with E-state index in [1.807, 2.05) is 0 Å². The van der Waals surface area contributed by atoms with E-state index >= 15 is 0 Å². The van der Waals surface area contributed by atoms with Crippen LogP contribution in [0.15, 0.2) is 30.3 Å². The topological polar surface area (TPSA) is 0 Å². The van der Waals surface area contributed by atoms with Crippen LogP contribution in [0.3, 0.4) is 0 Å². The van der Waals surface area contributed by atoms with Crippen molar-refractivity contribution in [3.63, 3.8) is 0 Å². The highest BCUT2D eigenvalue weighted by molar-refractivity contribution is 5.25. The zero-order valence-corrected chi connectivity index (χ0v) is 10.4. The monoisotopic (exact) mass is 214 g/mol. The molecule has 2 aliphatic rings. The van der Waals surface area contributed by atoms with Gasteiger partial charge in [-0.2, -0.15) is 0 Å². The van der Waals surface area contributed by atoms with Crippen LogP contribution in [0.2, 0.25) is 0 Å². The Hall–Kier alpha value is -0.780. The van der Waals surface area contributed by atoms with E-state index in [1.54, 1.807) is 0 Å². The molecule has 0 heteroatoms. The van der Waals surface area contributed by atoms with Gasteiger partial charge < -0.3 is 0 Å². The largest absolute Gasteiger partial charge is 0.0622 e. The van der Waals surface area contributed by atoms with Crippen LogP contribution in [-0.4, -0.2) is 0 Å². The lowest BCUT2D eigenvalue weighted by molar-refractivity contribution is 0.215. The molecule has 0 heterocycles. The first-order chi connectivity index (χ1) is 7.68. The third-order valence-corrected chi connectivity index (χ3v) is 5.18.